The Morgan fingerprint density at radius 1 is 1.13 bits per heavy atom. The van der Waals surface area contributed by atoms with Crippen LogP contribution in [-0.2, 0) is 0 Å². The number of aryl methyl sites for hydroxylation is 1. The van der Waals surface area contributed by atoms with E-state index < -0.39 is 0 Å². The molecule has 170 valence electrons. The molecule has 2 heterocycles. The number of hydrogen-bond acceptors (Lipinski definition) is 4. The molecule has 0 radical (unpaired) electrons. The number of piperazine rings is 1. The molecule has 2 fully saturated rings. The normalized spacial score (nSPS) is 21.9. The Morgan fingerprint density at radius 3 is 2.50 bits per heavy atom. The van der Waals surface area contributed by atoms with Crippen LogP contribution in [-0.4, -0.2) is 87.8 Å². The summed E-state index contributed by atoms with van der Waals surface area (Å²) in [5, 5.41) is 7.11. The van der Waals surface area contributed by atoms with E-state index in [1.54, 1.807) is 0 Å². The molecule has 0 spiro atoms. The summed E-state index contributed by atoms with van der Waals surface area (Å²) in [4.78, 5) is 12.4. The summed E-state index contributed by atoms with van der Waals surface area (Å²) in [6.07, 6.45) is 1.15. The number of nitrogens with zero attached hydrogens (tertiary/aromatic N) is 4. The fourth-order valence-electron chi connectivity index (χ4n) is 4.16. The van der Waals surface area contributed by atoms with Crippen molar-refractivity contribution in [2.75, 3.05) is 70.9 Å². The van der Waals surface area contributed by atoms with E-state index >= 15 is 0 Å². The number of anilines is 1. The largest absolute Gasteiger partial charge is 0.369 e. The molecule has 2 saturated heterocycles. The third-order valence-electron chi connectivity index (χ3n) is 6.00. The van der Waals surface area contributed by atoms with Crippen molar-refractivity contribution in [1.82, 2.24) is 20.4 Å². The number of halogens is 1. The average molecular weight is 529 g/mol. The lowest BCUT2D eigenvalue weighted by atomic mass is 10.1. The molecule has 0 saturated carbocycles. The van der Waals surface area contributed by atoms with Crippen LogP contribution < -0.4 is 15.5 Å². The summed E-state index contributed by atoms with van der Waals surface area (Å²) in [6, 6.07) is 9.31. The molecule has 30 heavy (non-hydrogen) atoms. The molecule has 7 heteroatoms. The number of aliphatic imine (C=N–C) groups is 1. The molecule has 2 unspecified atom stereocenters. The highest BCUT2D eigenvalue weighted by Crippen LogP contribution is 2.20. The zero-order valence-corrected chi connectivity index (χ0v) is 21.6. The van der Waals surface area contributed by atoms with E-state index in [0.29, 0.717) is 12.0 Å². The average Bonchev–Trinajstić information content (AvgIpc) is 3.17. The molecular weight excluding hydrogens is 487 g/mol. The highest BCUT2D eigenvalue weighted by molar-refractivity contribution is 14.0. The Morgan fingerprint density at radius 2 is 1.83 bits per heavy atom. The maximum atomic E-state index is 4.91. The van der Waals surface area contributed by atoms with Gasteiger partial charge in [0.05, 0.1) is 0 Å². The van der Waals surface area contributed by atoms with Crippen LogP contribution in [0.3, 0.4) is 0 Å². The van der Waals surface area contributed by atoms with Gasteiger partial charge in [0, 0.05) is 70.6 Å². The molecule has 6 nitrogen and oxygen atoms in total. The van der Waals surface area contributed by atoms with Crippen LogP contribution in [0.1, 0.15) is 25.8 Å². The molecule has 2 N–H and O–H groups in total. The Kier molecular flexibility index (Phi) is 10.7. The lowest BCUT2D eigenvalue weighted by Crippen LogP contribution is -2.46. The fourth-order valence-corrected chi connectivity index (χ4v) is 4.16. The van der Waals surface area contributed by atoms with Crippen molar-refractivity contribution in [2.45, 2.75) is 33.2 Å². The van der Waals surface area contributed by atoms with E-state index in [0.717, 1.165) is 45.1 Å². The van der Waals surface area contributed by atoms with Crippen LogP contribution >= 0.6 is 24.0 Å². The summed E-state index contributed by atoms with van der Waals surface area (Å²) in [6.45, 7) is 16.4. The van der Waals surface area contributed by atoms with Crippen LogP contribution in [0.25, 0.3) is 0 Å². The van der Waals surface area contributed by atoms with E-state index in [9.17, 15) is 0 Å². The standard InChI is InChI=1S/C23H40N6.HI/c1-5-24-23(25-16-20(3)17-28-14-12-27(4)13-15-28)26-21-10-11-29(18-21)22-8-6-19(2)7-9-22;/h6-9,20-21H,5,10-18H2,1-4H3,(H2,24,25,26);1H. The van der Waals surface area contributed by atoms with Crippen LogP contribution in [0.4, 0.5) is 5.69 Å². The van der Waals surface area contributed by atoms with Crippen LogP contribution in [0, 0.1) is 12.8 Å². The first kappa shape index (κ1) is 25.2. The van der Waals surface area contributed by atoms with Gasteiger partial charge in [-0.1, -0.05) is 24.6 Å². The van der Waals surface area contributed by atoms with Crippen molar-refractivity contribution in [3.63, 3.8) is 0 Å². The van der Waals surface area contributed by atoms with Gasteiger partial charge in [-0.25, -0.2) is 0 Å². The lowest BCUT2D eigenvalue weighted by molar-refractivity contribution is 0.140. The van der Waals surface area contributed by atoms with Gasteiger partial charge in [-0.05, 0) is 45.4 Å². The molecule has 3 rings (SSSR count). The number of rotatable bonds is 7. The first-order chi connectivity index (χ1) is 14.0. The molecule has 1 aromatic carbocycles. The van der Waals surface area contributed by atoms with E-state index in [1.165, 1.54) is 37.4 Å². The molecule has 2 aliphatic rings. The van der Waals surface area contributed by atoms with Gasteiger partial charge in [0.1, 0.15) is 0 Å². The summed E-state index contributed by atoms with van der Waals surface area (Å²) >= 11 is 0. The van der Waals surface area contributed by atoms with E-state index in [1.807, 2.05) is 0 Å². The van der Waals surface area contributed by atoms with E-state index in [4.69, 9.17) is 4.99 Å². The molecule has 0 amide bonds. The molecule has 2 aliphatic heterocycles. The summed E-state index contributed by atoms with van der Waals surface area (Å²) in [7, 11) is 2.21. The summed E-state index contributed by atoms with van der Waals surface area (Å²) in [5.74, 6) is 1.54. The minimum absolute atomic E-state index is 0. The number of nitrogens with one attached hydrogen (secondary N) is 2. The third-order valence-corrected chi connectivity index (χ3v) is 6.00. The SMILES string of the molecule is CCNC(=NCC(C)CN1CCN(C)CC1)NC1CCN(c2ccc(C)cc2)C1.I. The van der Waals surface area contributed by atoms with Crippen molar-refractivity contribution in [1.29, 1.82) is 0 Å². The molecule has 0 bridgehead atoms. The Bertz CT molecular complexity index is 642. The highest BCUT2D eigenvalue weighted by Gasteiger charge is 2.23. The Hall–Kier alpha value is -1.06. The van der Waals surface area contributed by atoms with Crippen LogP contribution in [0.15, 0.2) is 29.3 Å². The van der Waals surface area contributed by atoms with Crippen LogP contribution in [0.2, 0.25) is 0 Å². The molecule has 2 atom stereocenters. The molecule has 1 aromatic rings. The Balaban J connectivity index is 0.00000320. The van der Waals surface area contributed by atoms with Gasteiger partial charge in [0.25, 0.3) is 0 Å². The van der Waals surface area contributed by atoms with Gasteiger partial charge < -0.3 is 25.3 Å². The van der Waals surface area contributed by atoms with E-state index in [2.05, 4.69) is 77.4 Å². The van der Waals surface area contributed by atoms with Gasteiger partial charge in [-0.15, -0.1) is 24.0 Å². The van der Waals surface area contributed by atoms with Gasteiger partial charge >= 0.3 is 0 Å². The number of hydrogen-bond donors (Lipinski definition) is 2. The number of guanidine groups is 1. The minimum atomic E-state index is 0. The monoisotopic (exact) mass is 528 g/mol. The lowest BCUT2D eigenvalue weighted by Gasteiger charge is -2.33. The minimum Gasteiger partial charge on any atom is -0.369 e. The smallest absolute Gasteiger partial charge is 0.191 e. The third kappa shape index (κ3) is 7.89. The van der Waals surface area contributed by atoms with Gasteiger partial charge in [0.15, 0.2) is 5.96 Å². The fraction of sp³-hybridized carbons (Fsp3) is 0.696. The van der Waals surface area contributed by atoms with Gasteiger partial charge in [-0.3, -0.25) is 4.99 Å². The van der Waals surface area contributed by atoms with Gasteiger partial charge in [-0.2, -0.15) is 0 Å². The van der Waals surface area contributed by atoms with Gasteiger partial charge in [0.2, 0.25) is 0 Å². The van der Waals surface area contributed by atoms with Crippen molar-refractivity contribution >= 4 is 35.6 Å². The zero-order chi connectivity index (χ0) is 20.6. The van der Waals surface area contributed by atoms with E-state index in [-0.39, 0.29) is 24.0 Å². The summed E-state index contributed by atoms with van der Waals surface area (Å²) < 4.78 is 0. The second-order valence-electron chi connectivity index (χ2n) is 8.84. The number of likely N-dealkylation sites (N-methyl/N-ethyl adjacent to an activating group) is 1. The molecular formula is C23H41IN6. The first-order valence-electron chi connectivity index (χ1n) is 11.3. The molecule has 0 aromatic heterocycles. The maximum Gasteiger partial charge on any atom is 0.191 e. The van der Waals surface area contributed by atoms with Crippen molar-refractivity contribution < 1.29 is 0 Å². The second-order valence-corrected chi connectivity index (χ2v) is 8.84. The predicted molar refractivity (Wildman–Crippen MR) is 139 cm³/mol. The van der Waals surface area contributed by atoms with Crippen molar-refractivity contribution in [3.05, 3.63) is 29.8 Å². The predicted octanol–water partition coefficient (Wildman–Crippen LogP) is 2.63. The van der Waals surface area contributed by atoms with Crippen molar-refractivity contribution in [3.8, 4) is 0 Å². The number of benzene rings is 1. The van der Waals surface area contributed by atoms with Crippen LogP contribution in [0.5, 0.6) is 0 Å². The highest BCUT2D eigenvalue weighted by atomic mass is 127. The summed E-state index contributed by atoms with van der Waals surface area (Å²) in [5.41, 5.74) is 2.64. The quantitative estimate of drug-likeness (QED) is 0.324. The second kappa shape index (κ2) is 12.7. The molecule has 0 aliphatic carbocycles. The van der Waals surface area contributed by atoms with Crippen molar-refractivity contribution in [2.24, 2.45) is 10.9 Å². The Labute approximate surface area is 200 Å². The maximum absolute atomic E-state index is 4.91. The zero-order valence-electron chi connectivity index (χ0n) is 19.2. The topological polar surface area (TPSA) is 46.1 Å². The first-order valence-corrected chi connectivity index (χ1v) is 11.3.